The number of hydrogen-bond acceptors (Lipinski definition) is 5. The molecule has 0 heterocycles. The van der Waals surface area contributed by atoms with Gasteiger partial charge in [-0.25, -0.2) is 8.42 Å². The third-order valence-corrected chi connectivity index (χ3v) is 7.13. The molecule has 0 aromatic heterocycles. The average Bonchev–Trinajstić information content (AvgIpc) is 2.76. The van der Waals surface area contributed by atoms with Crippen molar-refractivity contribution in [1.82, 2.24) is 5.32 Å². The number of thioether (sulfide) groups is 1. The summed E-state index contributed by atoms with van der Waals surface area (Å²) < 4.78 is 53.3. The molecule has 1 amide bonds. The molecule has 3 aromatic rings. The highest BCUT2D eigenvalue weighted by Crippen LogP contribution is 2.28. The fourth-order valence-electron chi connectivity index (χ4n) is 3.04. The van der Waals surface area contributed by atoms with Crippen molar-refractivity contribution >= 4 is 69.7 Å². The molecule has 12 heteroatoms. The number of halogens is 2. The lowest BCUT2D eigenvalue weighted by atomic mass is 9.90. The summed E-state index contributed by atoms with van der Waals surface area (Å²) >= 11 is 5.58. The first-order valence-electron chi connectivity index (χ1n) is 9.91. The van der Waals surface area contributed by atoms with Gasteiger partial charge in [0, 0.05) is 21.8 Å². The molecule has 0 aliphatic heterocycles. The van der Waals surface area contributed by atoms with Gasteiger partial charge in [-0.15, -0.1) is 0 Å². The third kappa shape index (κ3) is 6.78. The molecule has 0 atom stereocenters. The van der Waals surface area contributed by atoms with Crippen LogP contribution in [0.15, 0.2) is 76.5 Å². The van der Waals surface area contributed by atoms with Crippen LogP contribution in [0.4, 0.5) is 20.2 Å². The van der Waals surface area contributed by atoms with Crippen LogP contribution >= 0.6 is 24.0 Å². The molecule has 3 N–H and O–H groups in total. The minimum Gasteiger partial charge on any atom is -0.332 e. The van der Waals surface area contributed by atoms with Crippen molar-refractivity contribution in [1.29, 1.82) is 0 Å². The Bertz CT molecular complexity index is 1320. The van der Waals surface area contributed by atoms with E-state index < -0.39 is 15.8 Å². The summed E-state index contributed by atoms with van der Waals surface area (Å²) in [7, 11) is -2.18. The average molecular weight is 519 g/mol. The quantitative estimate of drug-likeness (QED) is 0.252. The fourth-order valence-corrected chi connectivity index (χ4v) is 5.08. The van der Waals surface area contributed by atoms with Crippen molar-refractivity contribution in [3.63, 3.8) is 0 Å². The first-order valence-corrected chi connectivity index (χ1v) is 12.7. The summed E-state index contributed by atoms with van der Waals surface area (Å²) in [6, 6.07) is 17.3. The summed E-state index contributed by atoms with van der Waals surface area (Å²) in [4.78, 5) is 12.8. The number of carbonyl (C=O) groups excluding carboxylic acids is 1. The molecule has 0 aliphatic carbocycles. The number of benzene rings is 3. The van der Waals surface area contributed by atoms with Crippen LogP contribution in [0, 0.1) is 6.92 Å². The van der Waals surface area contributed by atoms with Crippen molar-refractivity contribution in [2.24, 2.45) is 0 Å². The second-order valence-electron chi connectivity index (χ2n) is 7.21. The van der Waals surface area contributed by atoms with Crippen LogP contribution in [0.1, 0.15) is 15.9 Å². The smallest absolute Gasteiger partial charge is 0.288 e. The Morgan fingerprint density at radius 2 is 1.68 bits per heavy atom. The number of amides is 1. The molecule has 3 rings (SSSR count). The first-order chi connectivity index (χ1) is 16.0. The van der Waals surface area contributed by atoms with Crippen LogP contribution in [0.2, 0.25) is 0 Å². The number of nitrogens with one attached hydrogen (secondary N) is 3. The van der Waals surface area contributed by atoms with Gasteiger partial charge in [0.15, 0.2) is 5.11 Å². The minimum absolute atomic E-state index is 0.00318. The molecule has 6 nitrogen and oxygen atoms in total. The zero-order valence-corrected chi connectivity index (χ0v) is 20.6. The first kappa shape index (κ1) is 25.7. The number of sulfonamides is 1. The predicted molar refractivity (Wildman–Crippen MR) is 139 cm³/mol. The summed E-state index contributed by atoms with van der Waals surface area (Å²) in [5, 5.41) is 5.42. The van der Waals surface area contributed by atoms with Crippen LogP contribution in [0.3, 0.4) is 0 Å². The molecule has 3 aromatic carbocycles. The topological polar surface area (TPSA) is 87.3 Å². The summed E-state index contributed by atoms with van der Waals surface area (Å²) in [6.45, 7) is 1.64. The zero-order chi connectivity index (χ0) is 24.9. The number of rotatable bonds is 7. The molecular formula is C22H20BF2N3O3S3. The van der Waals surface area contributed by atoms with E-state index in [-0.39, 0.29) is 21.6 Å². The van der Waals surface area contributed by atoms with E-state index in [1.54, 1.807) is 45.1 Å². The number of thiocarbonyl (C=S) groups is 1. The Kier molecular flexibility index (Phi) is 8.29. The standard InChI is InChI=1S/C22H20BF2N3O3S3/c1-13-6-7-15(26-22(32)27-20(29)17-4-2-3-5-18(17)23)12-19(13)34(30,31)28-14-8-10-16(11-9-14)33-21(24)25/h2-12,21,28H,23H2,1H3,(H2,26,27,29,32). The molecule has 0 saturated heterocycles. The minimum atomic E-state index is -3.99. The van der Waals surface area contributed by atoms with Gasteiger partial charge in [0.2, 0.25) is 0 Å². The predicted octanol–water partition coefficient (Wildman–Crippen LogP) is 3.50. The van der Waals surface area contributed by atoms with Crippen molar-refractivity contribution in [2.45, 2.75) is 22.5 Å². The summed E-state index contributed by atoms with van der Waals surface area (Å²) in [5.41, 5.74) is 2.35. The Hall–Kier alpha value is -2.96. The Morgan fingerprint density at radius 1 is 1.03 bits per heavy atom. The maximum Gasteiger partial charge on any atom is 0.288 e. The van der Waals surface area contributed by atoms with Crippen molar-refractivity contribution in [2.75, 3.05) is 10.0 Å². The summed E-state index contributed by atoms with van der Waals surface area (Å²) in [6.07, 6.45) is 0. The highest BCUT2D eigenvalue weighted by Gasteiger charge is 2.19. The molecule has 0 fully saturated rings. The van der Waals surface area contributed by atoms with E-state index in [0.717, 1.165) is 5.46 Å². The largest absolute Gasteiger partial charge is 0.332 e. The van der Waals surface area contributed by atoms with E-state index in [0.29, 0.717) is 33.5 Å². The Balaban J connectivity index is 1.72. The van der Waals surface area contributed by atoms with Gasteiger partial charge >= 0.3 is 0 Å². The normalized spacial score (nSPS) is 11.2. The van der Waals surface area contributed by atoms with Gasteiger partial charge in [-0.05, 0) is 61.1 Å². The summed E-state index contributed by atoms with van der Waals surface area (Å²) in [5.74, 6) is -2.95. The number of carbonyl (C=O) groups is 1. The maximum absolute atomic E-state index is 13.0. The maximum atomic E-state index is 13.0. The van der Waals surface area contributed by atoms with E-state index in [2.05, 4.69) is 15.4 Å². The highest BCUT2D eigenvalue weighted by molar-refractivity contribution is 7.99. The molecule has 176 valence electrons. The lowest BCUT2D eigenvalue weighted by molar-refractivity contribution is 0.0979. The van der Waals surface area contributed by atoms with Gasteiger partial charge in [0.1, 0.15) is 7.85 Å². The van der Waals surface area contributed by atoms with E-state index >= 15 is 0 Å². The molecule has 0 aliphatic rings. The lowest BCUT2D eigenvalue weighted by Crippen LogP contribution is -2.36. The van der Waals surface area contributed by atoms with Crippen LogP contribution in [-0.4, -0.2) is 33.0 Å². The Labute approximate surface area is 207 Å². The van der Waals surface area contributed by atoms with Gasteiger partial charge in [-0.1, -0.05) is 47.6 Å². The van der Waals surface area contributed by atoms with Crippen LogP contribution < -0.4 is 20.8 Å². The molecule has 34 heavy (non-hydrogen) atoms. The van der Waals surface area contributed by atoms with E-state index in [4.69, 9.17) is 12.2 Å². The zero-order valence-electron chi connectivity index (χ0n) is 18.1. The third-order valence-electron chi connectivity index (χ3n) is 4.68. The SMILES string of the molecule is Bc1ccccc1C(=O)NC(=S)Nc1ccc(C)c(S(=O)(=O)Nc2ccc(SC(F)F)cc2)c1. The van der Waals surface area contributed by atoms with Gasteiger partial charge < -0.3 is 5.32 Å². The van der Waals surface area contributed by atoms with Crippen LogP contribution in [-0.2, 0) is 10.0 Å². The van der Waals surface area contributed by atoms with Gasteiger partial charge in [0.25, 0.3) is 21.7 Å². The van der Waals surface area contributed by atoms with Gasteiger partial charge in [-0.2, -0.15) is 8.78 Å². The lowest BCUT2D eigenvalue weighted by Gasteiger charge is -2.14. The van der Waals surface area contributed by atoms with Crippen molar-refractivity contribution < 1.29 is 22.0 Å². The van der Waals surface area contributed by atoms with E-state index in [9.17, 15) is 22.0 Å². The molecule has 0 bridgehead atoms. The monoisotopic (exact) mass is 519 g/mol. The molecule has 0 unspecified atom stereocenters. The number of anilines is 2. The molecular weight excluding hydrogens is 499 g/mol. The molecule has 0 saturated carbocycles. The second kappa shape index (κ2) is 11.0. The number of aryl methyl sites for hydroxylation is 1. The fraction of sp³-hybridized carbons (Fsp3) is 0.0909. The van der Waals surface area contributed by atoms with Crippen molar-refractivity contribution in [3.8, 4) is 0 Å². The van der Waals surface area contributed by atoms with E-state index in [1.807, 2.05) is 6.07 Å². The Morgan fingerprint density at radius 3 is 2.32 bits per heavy atom. The molecule has 0 spiro atoms. The van der Waals surface area contributed by atoms with Gasteiger partial charge in [0.05, 0.1) is 4.90 Å². The van der Waals surface area contributed by atoms with Crippen LogP contribution in [0.5, 0.6) is 0 Å². The van der Waals surface area contributed by atoms with Crippen LogP contribution in [0.25, 0.3) is 0 Å². The highest BCUT2D eigenvalue weighted by atomic mass is 32.2. The number of hydrogen-bond donors (Lipinski definition) is 3. The van der Waals surface area contributed by atoms with Crippen molar-refractivity contribution in [3.05, 3.63) is 77.9 Å². The molecule has 0 radical (unpaired) electrons. The second-order valence-corrected chi connectivity index (χ2v) is 10.3. The van der Waals surface area contributed by atoms with Gasteiger partial charge in [-0.3, -0.25) is 14.8 Å². The van der Waals surface area contributed by atoms with E-state index in [1.165, 1.54) is 30.3 Å². The number of alkyl halides is 2.